The molecule has 0 unspecified atom stereocenters. The van der Waals surface area contributed by atoms with E-state index < -0.39 is 5.97 Å². The molecule has 0 bridgehead atoms. The number of carbonyl (C=O) groups excluding carboxylic acids is 1. The zero-order valence-corrected chi connectivity index (χ0v) is 10.8. The molecule has 0 atom stereocenters. The van der Waals surface area contributed by atoms with Gasteiger partial charge in [-0.15, -0.1) is 0 Å². The Bertz CT molecular complexity index is 556. The number of aromatic nitrogens is 2. The van der Waals surface area contributed by atoms with Crippen molar-refractivity contribution in [1.29, 1.82) is 0 Å². The number of carbonyl (C=O) groups is 1. The van der Waals surface area contributed by atoms with Crippen molar-refractivity contribution in [1.82, 2.24) is 9.97 Å². The molecule has 1 aromatic carbocycles. The van der Waals surface area contributed by atoms with Crippen molar-refractivity contribution in [3.63, 3.8) is 0 Å². The number of anilines is 2. The van der Waals surface area contributed by atoms with E-state index in [-0.39, 0.29) is 11.8 Å². The van der Waals surface area contributed by atoms with Crippen molar-refractivity contribution in [2.75, 3.05) is 5.32 Å². The molecule has 0 aliphatic carbocycles. The quantitative estimate of drug-likeness (QED) is 0.853. The van der Waals surface area contributed by atoms with E-state index in [1.807, 2.05) is 30.3 Å². The van der Waals surface area contributed by atoms with E-state index in [0.717, 1.165) is 5.69 Å². The lowest BCUT2D eigenvalue weighted by atomic mass is 10.3. The second-order valence-corrected chi connectivity index (χ2v) is 4.21. The molecule has 19 heavy (non-hydrogen) atoms. The normalized spacial score (nSPS) is 10.3. The van der Waals surface area contributed by atoms with Gasteiger partial charge in [0, 0.05) is 11.9 Å². The van der Waals surface area contributed by atoms with E-state index in [4.69, 9.17) is 4.74 Å². The minimum absolute atomic E-state index is 0.173. The first-order valence-electron chi connectivity index (χ1n) is 6.01. The van der Waals surface area contributed by atoms with E-state index in [1.54, 1.807) is 13.8 Å². The lowest BCUT2D eigenvalue weighted by molar-refractivity contribution is 0.0371. The molecule has 0 fully saturated rings. The zero-order chi connectivity index (χ0) is 13.7. The van der Waals surface area contributed by atoms with Crippen molar-refractivity contribution >= 4 is 17.6 Å². The van der Waals surface area contributed by atoms with Crippen LogP contribution in [0.3, 0.4) is 0 Å². The molecule has 0 radical (unpaired) electrons. The second kappa shape index (κ2) is 5.95. The molecule has 1 aromatic heterocycles. The van der Waals surface area contributed by atoms with E-state index in [2.05, 4.69) is 15.3 Å². The fourth-order valence-corrected chi connectivity index (χ4v) is 1.46. The number of ether oxygens (including phenoxy) is 1. The molecule has 0 amide bonds. The van der Waals surface area contributed by atoms with Crippen molar-refractivity contribution in [3.8, 4) is 0 Å². The highest BCUT2D eigenvalue weighted by Crippen LogP contribution is 2.12. The van der Waals surface area contributed by atoms with Crippen molar-refractivity contribution in [2.24, 2.45) is 0 Å². The summed E-state index contributed by atoms with van der Waals surface area (Å²) in [5, 5.41) is 3.02. The van der Waals surface area contributed by atoms with Gasteiger partial charge in [-0.25, -0.2) is 14.8 Å². The first kappa shape index (κ1) is 13.0. The van der Waals surface area contributed by atoms with Gasteiger partial charge < -0.3 is 10.1 Å². The molecule has 98 valence electrons. The van der Waals surface area contributed by atoms with Crippen LogP contribution in [0.1, 0.15) is 24.3 Å². The molecule has 5 heteroatoms. The first-order valence-corrected chi connectivity index (χ1v) is 6.01. The molecule has 0 saturated heterocycles. The third-order valence-corrected chi connectivity index (χ3v) is 2.24. The van der Waals surface area contributed by atoms with Gasteiger partial charge in [0.1, 0.15) is 0 Å². The summed E-state index contributed by atoms with van der Waals surface area (Å²) in [4.78, 5) is 19.9. The summed E-state index contributed by atoms with van der Waals surface area (Å²) >= 11 is 0. The Morgan fingerprint density at radius 2 is 1.95 bits per heavy atom. The number of para-hydroxylation sites is 1. The maximum absolute atomic E-state index is 11.7. The number of benzene rings is 1. The fraction of sp³-hybridized carbons (Fsp3) is 0.214. The summed E-state index contributed by atoms with van der Waals surface area (Å²) in [6, 6.07) is 11.0. The van der Waals surface area contributed by atoms with Crippen LogP contribution in [0, 0.1) is 0 Å². The zero-order valence-electron chi connectivity index (χ0n) is 10.8. The number of nitrogens with one attached hydrogen (secondary N) is 1. The van der Waals surface area contributed by atoms with Crippen LogP contribution in [0.25, 0.3) is 0 Å². The minimum atomic E-state index is -0.450. The van der Waals surface area contributed by atoms with Gasteiger partial charge in [-0.3, -0.25) is 0 Å². The third kappa shape index (κ3) is 3.77. The van der Waals surface area contributed by atoms with Gasteiger partial charge in [-0.2, -0.15) is 0 Å². The van der Waals surface area contributed by atoms with Crippen molar-refractivity contribution < 1.29 is 9.53 Å². The number of hydrogen-bond acceptors (Lipinski definition) is 5. The third-order valence-electron chi connectivity index (χ3n) is 2.24. The number of esters is 1. The molecule has 0 spiro atoms. The number of hydrogen-bond donors (Lipinski definition) is 1. The highest BCUT2D eigenvalue weighted by molar-refractivity contribution is 5.87. The lowest BCUT2D eigenvalue weighted by Crippen LogP contribution is -2.14. The smallest absolute Gasteiger partial charge is 0.357 e. The Hall–Kier alpha value is -2.43. The summed E-state index contributed by atoms with van der Waals surface area (Å²) in [6.07, 6.45) is 1.35. The molecule has 2 aromatic rings. The van der Waals surface area contributed by atoms with Gasteiger partial charge >= 0.3 is 5.97 Å². The largest absolute Gasteiger partial charge is 0.458 e. The van der Waals surface area contributed by atoms with Crippen LogP contribution >= 0.6 is 0 Å². The standard InChI is InChI=1S/C14H15N3O2/c1-10(2)19-13(18)12-8-9-15-14(17-12)16-11-6-4-3-5-7-11/h3-10H,1-2H3,(H,15,16,17). The van der Waals surface area contributed by atoms with Crippen molar-refractivity contribution in [3.05, 3.63) is 48.3 Å². The summed E-state index contributed by atoms with van der Waals surface area (Å²) in [5.74, 6) is -0.0853. The molecule has 0 saturated carbocycles. The van der Waals surface area contributed by atoms with Crippen LogP contribution in [0.2, 0.25) is 0 Å². The Morgan fingerprint density at radius 1 is 1.21 bits per heavy atom. The molecule has 2 rings (SSSR count). The Morgan fingerprint density at radius 3 is 2.63 bits per heavy atom. The Labute approximate surface area is 111 Å². The average Bonchev–Trinajstić information content (AvgIpc) is 2.39. The monoisotopic (exact) mass is 257 g/mol. The maximum atomic E-state index is 11.7. The summed E-state index contributed by atoms with van der Waals surface area (Å²) in [7, 11) is 0. The molecule has 0 aliphatic heterocycles. The van der Waals surface area contributed by atoms with Crippen LogP contribution in [-0.2, 0) is 4.74 Å². The Balaban J connectivity index is 2.13. The van der Waals surface area contributed by atoms with Gasteiger partial charge in [-0.1, -0.05) is 18.2 Å². The Kier molecular flexibility index (Phi) is 4.07. The maximum Gasteiger partial charge on any atom is 0.357 e. The fourth-order valence-electron chi connectivity index (χ4n) is 1.46. The van der Waals surface area contributed by atoms with E-state index >= 15 is 0 Å². The lowest BCUT2D eigenvalue weighted by Gasteiger charge is -2.08. The highest BCUT2D eigenvalue weighted by atomic mass is 16.5. The van der Waals surface area contributed by atoms with Gasteiger partial charge in [0.05, 0.1) is 6.10 Å². The highest BCUT2D eigenvalue weighted by Gasteiger charge is 2.11. The summed E-state index contributed by atoms with van der Waals surface area (Å²) in [6.45, 7) is 3.59. The van der Waals surface area contributed by atoms with Crippen LogP contribution < -0.4 is 5.32 Å². The van der Waals surface area contributed by atoms with Crippen molar-refractivity contribution in [2.45, 2.75) is 20.0 Å². The van der Waals surface area contributed by atoms with E-state index in [1.165, 1.54) is 12.3 Å². The van der Waals surface area contributed by atoms with Gasteiger partial charge in [0.2, 0.25) is 5.95 Å². The predicted octanol–water partition coefficient (Wildman–Crippen LogP) is 2.79. The SMILES string of the molecule is CC(C)OC(=O)c1ccnc(Nc2ccccc2)n1. The molecule has 5 nitrogen and oxygen atoms in total. The van der Waals surface area contributed by atoms with E-state index in [9.17, 15) is 4.79 Å². The van der Waals surface area contributed by atoms with Gasteiger partial charge in [0.15, 0.2) is 5.69 Å². The molecular weight excluding hydrogens is 242 g/mol. The van der Waals surface area contributed by atoms with Crippen LogP contribution in [0.15, 0.2) is 42.6 Å². The molecule has 0 aliphatic rings. The topological polar surface area (TPSA) is 64.1 Å². The minimum Gasteiger partial charge on any atom is -0.458 e. The predicted molar refractivity (Wildman–Crippen MR) is 72.3 cm³/mol. The molecular formula is C14H15N3O2. The second-order valence-electron chi connectivity index (χ2n) is 4.21. The van der Waals surface area contributed by atoms with Gasteiger partial charge in [0.25, 0.3) is 0 Å². The summed E-state index contributed by atoms with van der Waals surface area (Å²) in [5.41, 5.74) is 1.10. The van der Waals surface area contributed by atoms with Crippen LogP contribution in [-0.4, -0.2) is 22.0 Å². The molecule has 1 heterocycles. The van der Waals surface area contributed by atoms with Gasteiger partial charge in [-0.05, 0) is 32.0 Å². The average molecular weight is 257 g/mol. The number of nitrogens with zero attached hydrogens (tertiary/aromatic N) is 2. The number of rotatable bonds is 4. The van der Waals surface area contributed by atoms with Crippen LogP contribution in [0.4, 0.5) is 11.6 Å². The van der Waals surface area contributed by atoms with E-state index in [0.29, 0.717) is 5.95 Å². The summed E-state index contributed by atoms with van der Waals surface area (Å²) < 4.78 is 5.08. The first-order chi connectivity index (χ1) is 9.15. The van der Waals surface area contributed by atoms with Crippen LogP contribution in [0.5, 0.6) is 0 Å². The molecule has 1 N–H and O–H groups in total.